The number of nitrogens with two attached hydrogens (primary N) is 1. The van der Waals surface area contributed by atoms with Crippen molar-refractivity contribution in [2.75, 3.05) is 18.0 Å². The number of rotatable bonds is 3. The van der Waals surface area contributed by atoms with Crippen LogP contribution in [0.1, 0.15) is 19.3 Å². The van der Waals surface area contributed by atoms with Gasteiger partial charge in [0.2, 0.25) is 5.91 Å². The van der Waals surface area contributed by atoms with E-state index >= 15 is 0 Å². The minimum Gasteiger partial charge on any atom is -0.369 e. The van der Waals surface area contributed by atoms with Gasteiger partial charge in [-0.05, 0) is 43.5 Å². The lowest BCUT2D eigenvalue weighted by atomic mass is 10.2. The molecule has 1 heterocycles. The maximum absolute atomic E-state index is 11.9. The molecule has 1 aliphatic carbocycles. The van der Waals surface area contributed by atoms with Crippen LogP contribution in [0, 0.1) is 0 Å². The van der Waals surface area contributed by atoms with Crippen LogP contribution >= 0.6 is 40.7 Å². The molecule has 2 fully saturated rings. The summed E-state index contributed by atoms with van der Waals surface area (Å²) in [5, 5.41) is 3.08. The van der Waals surface area contributed by atoms with Gasteiger partial charge in [0.15, 0.2) is 0 Å². The Balaban J connectivity index is 0.00000110. The van der Waals surface area contributed by atoms with Gasteiger partial charge in [-0.3, -0.25) is 4.79 Å². The standard InChI is InChI=1S/C14H18BrN3O.2ClH/c15-10-1-3-12(4-2-10)18-8-5-11(9-18)17-13(19)14(16)6-7-14;;/h1-4,11H,5-9,16H2,(H,17,19);2*1H. The van der Waals surface area contributed by atoms with E-state index in [1.807, 2.05) is 12.1 Å². The van der Waals surface area contributed by atoms with E-state index in [-0.39, 0.29) is 36.8 Å². The fraction of sp³-hybridized carbons (Fsp3) is 0.500. The summed E-state index contributed by atoms with van der Waals surface area (Å²) in [5.41, 5.74) is 6.54. The maximum Gasteiger partial charge on any atom is 0.240 e. The van der Waals surface area contributed by atoms with Crippen LogP contribution in [0.25, 0.3) is 0 Å². The van der Waals surface area contributed by atoms with Crippen LogP contribution in [-0.4, -0.2) is 30.6 Å². The van der Waals surface area contributed by atoms with Gasteiger partial charge in [0.1, 0.15) is 0 Å². The van der Waals surface area contributed by atoms with Gasteiger partial charge >= 0.3 is 0 Å². The molecule has 3 N–H and O–H groups in total. The molecule has 2 aliphatic rings. The summed E-state index contributed by atoms with van der Waals surface area (Å²) in [7, 11) is 0. The third-order valence-corrected chi connectivity index (χ3v) is 4.48. The molecular formula is C14H20BrCl2N3O. The van der Waals surface area contributed by atoms with Crippen LogP contribution < -0.4 is 16.0 Å². The Bertz CT molecular complexity index is 493. The van der Waals surface area contributed by atoms with E-state index in [4.69, 9.17) is 5.73 Å². The van der Waals surface area contributed by atoms with Gasteiger partial charge in [0.25, 0.3) is 0 Å². The van der Waals surface area contributed by atoms with Crippen LogP contribution in [0.15, 0.2) is 28.7 Å². The smallest absolute Gasteiger partial charge is 0.240 e. The number of halogens is 3. The zero-order chi connectivity index (χ0) is 13.5. The average molecular weight is 397 g/mol. The maximum atomic E-state index is 11.9. The Morgan fingerprint density at radius 2 is 1.90 bits per heavy atom. The predicted octanol–water partition coefficient (Wildman–Crippen LogP) is 2.48. The highest BCUT2D eigenvalue weighted by Crippen LogP contribution is 2.32. The fourth-order valence-corrected chi connectivity index (χ4v) is 2.72. The van der Waals surface area contributed by atoms with Crippen molar-refractivity contribution in [2.24, 2.45) is 5.73 Å². The van der Waals surface area contributed by atoms with Crippen LogP contribution in [0.2, 0.25) is 0 Å². The van der Waals surface area contributed by atoms with Gasteiger partial charge < -0.3 is 16.0 Å². The Morgan fingerprint density at radius 1 is 1.29 bits per heavy atom. The third-order valence-electron chi connectivity index (χ3n) is 3.96. The van der Waals surface area contributed by atoms with Gasteiger partial charge in [-0.15, -0.1) is 24.8 Å². The Hall–Kier alpha value is -0.490. The number of carbonyl (C=O) groups is 1. The second-order valence-electron chi connectivity index (χ2n) is 5.54. The number of hydrogen-bond acceptors (Lipinski definition) is 3. The molecule has 1 amide bonds. The number of hydrogen-bond donors (Lipinski definition) is 2. The summed E-state index contributed by atoms with van der Waals surface area (Å²) < 4.78 is 1.08. The molecule has 0 bridgehead atoms. The van der Waals surface area contributed by atoms with Crippen LogP contribution in [0.4, 0.5) is 5.69 Å². The van der Waals surface area contributed by atoms with Crippen molar-refractivity contribution in [1.82, 2.24) is 5.32 Å². The lowest BCUT2D eigenvalue weighted by Crippen LogP contribution is -2.47. The molecule has 1 atom stereocenters. The highest BCUT2D eigenvalue weighted by molar-refractivity contribution is 9.10. The second kappa shape index (κ2) is 7.18. The van der Waals surface area contributed by atoms with Gasteiger partial charge in [0, 0.05) is 29.3 Å². The molecule has 4 nitrogen and oxygen atoms in total. The predicted molar refractivity (Wildman–Crippen MR) is 93.6 cm³/mol. The van der Waals surface area contributed by atoms with Gasteiger partial charge in [-0.25, -0.2) is 0 Å². The Morgan fingerprint density at radius 3 is 2.48 bits per heavy atom. The molecule has 1 aromatic rings. The first kappa shape index (κ1) is 18.6. The highest BCUT2D eigenvalue weighted by atomic mass is 79.9. The van der Waals surface area contributed by atoms with Crippen LogP contribution in [0.3, 0.4) is 0 Å². The third kappa shape index (κ3) is 4.25. The number of anilines is 1. The van der Waals surface area contributed by atoms with E-state index in [1.165, 1.54) is 5.69 Å². The lowest BCUT2D eigenvalue weighted by Gasteiger charge is -2.20. The van der Waals surface area contributed by atoms with E-state index in [0.29, 0.717) is 0 Å². The molecule has 118 valence electrons. The Kier molecular flexibility index (Phi) is 6.35. The van der Waals surface area contributed by atoms with Gasteiger partial charge in [-0.2, -0.15) is 0 Å². The van der Waals surface area contributed by atoms with Crippen molar-refractivity contribution >= 4 is 52.3 Å². The van der Waals surface area contributed by atoms with Crippen LogP contribution in [-0.2, 0) is 4.79 Å². The van der Waals surface area contributed by atoms with Crippen molar-refractivity contribution in [3.8, 4) is 0 Å². The van der Waals surface area contributed by atoms with Crippen LogP contribution in [0.5, 0.6) is 0 Å². The number of nitrogens with zero attached hydrogens (tertiary/aromatic N) is 1. The van der Waals surface area contributed by atoms with Crippen molar-refractivity contribution in [3.05, 3.63) is 28.7 Å². The van der Waals surface area contributed by atoms with Gasteiger partial charge in [0.05, 0.1) is 5.54 Å². The van der Waals surface area contributed by atoms with E-state index in [0.717, 1.165) is 36.8 Å². The molecule has 21 heavy (non-hydrogen) atoms. The molecule has 3 rings (SSSR count). The monoisotopic (exact) mass is 395 g/mol. The van der Waals surface area contributed by atoms with Crippen molar-refractivity contribution in [2.45, 2.75) is 30.8 Å². The largest absolute Gasteiger partial charge is 0.369 e. The molecule has 1 aliphatic heterocycles. The minimum atomic E-state index is -0.564. The summed E-state index contributed by atoms with van der Waals surface area (Å²) in [6.45, 7) is 1.84. The first-order valence-electron chi connectivity index (χ1n) is 6.67. The number of benzene rings is 1. The lowest BCUT2D eigenvalue weighted by molar-refractivity contribution is -0.123. The SMILES string of the molecule is Cl.Cl.NC1(C(=O)NC2CCN(c3ccc(Br)cc3)C2)CC1. The Labute approximate surface area is 145 Å². The highest BCUT2D eigenvalue weighted by Gasteiger charge is 2.46. The van der Waals surface area contributed by atoms with E-state index in [1.54, 1.807) is 0 Å². The normalized spacial score (nSPS) is 22.0. The number of carbonyl (C=O) groups excluding carboxylic acids is 1. The topological polar surface area (TPSA) is 58.4 Å². The first-order valence-corrected chi connectivity index (χ1v) is 7.46. The van der Waals surface area contributed by atoms with Crippen molar-refractivity contribution in [1.29, 1.82) is 0 Å². The molecule has 0 radical (unpaired) electrons. The molecule has 1 saturated heterocycles. The van der Waals surface area contributed by atoms with Crippen molar-refractivity contribution < 1.29 is 4.79 Å². The molecule has 1 aromatic carbocycles. The molecule has 1 unspecified atom stereocenters. The second-order valence-corrected chi connectivity index (χ2v) is 6.45. The molecular weight excluding hydrogens is 377 g/mol. The fourth-order valence-electron chi connectivity index (χ4n) is 2.46. The zero-order valence-corrected chi connectivity index (χ0v) is 14.8. The van der Waals surface area contributed by atoms with E-state index < -0.39 is 5.54 Å². The summed E-state index contributed by atoms with van der Waals surface area (Å²) in [4.78, 5) is 14.2. The van der Waals surface area contributed by atoms with Crippen molar-refractivity contribution in [3.63, 3.8) is 0 Å². The summed E-state index contributed by atoms with van der Waals surface area (Å²) >= 11 is 3.44. The molecule has 7 heteroatoms. The van der Waals surface area contributed by atoms with E-state index in [2.05, 4.69) is 38.3 Å². The molecule has 1 saturated carbocycles. The minimum absolute atomic E-state index is 0. The first-order chi connectivity index (χ1) is 9.07. The summed E-state index contributed by atoms with van der Waals surface area (Å²) in [6.07, 6.45) is 2.63. The zero-order valence-electron chi connectivity index (χ0n) is 11.5. The number of amides is 1. The molecule has 0 spiro atoms. The van der Waals surface area contributed by atoms with E-state index in [9.17, 15) is 4.79 Å². The number of nitrogens with one attached hydrogen (secondary N) is 1. The average Bonchev–Trinajstić information content (AvgIpc) is 2.98. The molecule has 0 aromatic heterocycles. The van der Waals surface area contributed by atoms with Gasteiger partial charge in [-0.1, -0.05) is 15.9 Å². The summed E-state index contributed by atoms with van der Waals surface area (Å²) in [6, 6.07) is 8.50. The summed E-state index contributed by atoms with van der Waals surface area (Å²) in [5.74, 6) is 0.0233. The quantitative estimate of drug-likeness (QED) is 0.824.